The molecule has 0 aromatic heterocycles. The Bertz CT molecular complexity index is 686. The molecule has 0 aliphatic rings. The fourth-order valence-electron chi connectivity index (χ4n) is 1.84. The number of halogens is 2. The van der Waals surface area contributed by atoms with Crippen LogP contribution in [0.5, 0.6) is 0 Å². The molecule has 1 amide bonds. The highest BCUT2D eigenvalue weighted by Gasteiger charge is 2.10. The molecule has 0 heterocycles. The molecular weight excluding hydrogens is 340 g/mol. The Balaban J connectivity index is 2.27. The van der Waals surface area contributed by atoms with Gasteiger partial charge in [0.05, 0.1) is 5.02 Å². The highest BCUT2D eigenvalue weighted by atomic mass is 79.9. The largest absolute Gasteiger partial charge is 0.398 e. The molecule has 0 aliphatic carbocycles. The summed E-state index contributed by atoms with van der Waals surface area (Å²) in [4.78, 5) is 12.2. The molecule has 0 saturated heterocycles. The third-order valence-electron chi connectivity index (χ3n) is 3.04. The first-order chi connectivity index (χ1) is 9.38. The second kappa shape index (κ2) is 5.85. The Morgan fingerprint density at radius 2 is 1.90 bits per heavy atom. The predicted molar refractivity (Wildman–Crippen MR) is 87.4 cm³/mol. The average Bonchev–Trinajstić information content (AvgIpc) is 2.39. The minimum Gasteiger partial charge on any atom is -0.398 e. The first-order valence-electron chi connectivity index (χ1n) is 6.01. The van der Waals surface area contributed by atoms with Crippen molar-refractivity contribution in [1.82, 2.24) is 0 Å². The van der Waals surface area contributed by atoms with Crippen molar-refractivity contribution < 1.29 is 4.79 Å². The van der Waals surface area contributed by atoms with Crippen molar-refractivity contribution in [3.05, 3.63) is 56.5 Å². The van der Waals surface area contributed by atoms with E-state index in [1.165, 1.54) is 0 Å². The molecule has 5 heteroatoms. The molecule has 2 aromatic rings. The third kappa shape index (κ3) is 3.14. The maximum absolute atomic E-state index is 12.2. The SMILES string of the molecule is Cc1cc(C)c(NC(=O)c2ccc(Br)c(Cl)c2)cc1N. The number of nitrogens with one attached hydrogen (secondary N) is 1. The van der Waals surface area contributed by atoms with Crippen molar-refractivity contribution in [3.8, 4) is 0 Å². The fraction of sp³-hybridized carbons (Fsp3) is 0.133. The summed E-state index contributed by atoms with van der Waals surface area (Å²) in [7, 11) is 0. The average molecular weight is 354 g/mol. The van der Waals surface area contributed by atoms with Crippen LogP contribution in [0.25, 0.3) is 0 Å². The number of carbonyl (C=O) groups excluding carboxylic acids is 1. The second-order valence-electron chi connectivity index (χ2n) is 4.61. The first-order valence-corrected chi connectivity index (χ1v) is 7.18. The van der Waals surface area contributed by atoms with Crippen LogP contribution in [0.2, 0.25) is 5.02 Å². The maximum Gasteiger partial charge on any atom is 0.255 e. The third-order valence-corrected chi connectivity index (χ3v) is 4.28. The summed E-state index contributed by atoms with van der Waals surface area (Å²) in [6, 6.07) is 8.78. The van der Waals surface area contributed by atoms with Crippen LogP contribution in [-0.4, -0.2) is 5.91 Å². The van der Waals surface area contributed by atoms with Crippen LogP contribution < -0.4 is 11.1 Å². The maximum atomic E-state index is 12.2. The Morgan fingerprint density at radius 1 is 1.20 bits per heavy atom. The molecule has 0 saturated carbocycles. The molecule has 0 bridgehead atoms. The molecule has 0 spiro atoms. The fourth-order valence-corrected chi connectivity index (χ4v) is 2.26. The van der Waals surface area contributed by atoms with Gasteiger partial charge in [-0.05, 0) is 65.2 Å². The van der Waals surface area contributed by atoms with Crippen molar-refractivity contribution >= 4 is 44.8 Å². The highest BCUT2D eigenvalue weighted by molar-refractivity contribution is 9.10. The smallest absolute Gasteiger partial charge is 0.255 e. The van der Waals surface area contributed by atoms with Crippen LogP contribution in [-0.2, 0) is 0 Å². The van der Waals surface area contributed by atoms with Crippen LogP contribution in [0.1, 0.15) is 21.5 Å². The number of nitrogens with two attached hydrogens (primary N) is 1. The summed E-state index contributed by atoms with van der Waals surface area (Å²) in [5.74, 6) is -0.217. The number of aryl methyl sites for hydroxylation is 2. The summed E-state index contributed by atoms with van der Waals surface area (Å²) in [5.41, 5.74) is 9.68. The van der Waals surface area contributed by atoms with Gasteiger partial charge in [0.15, 0.2) is 0 Å². The van der Waals surface area contributed by atoms with E-state index in [0.717, 1.165) is 15.6 Å². The normalized spacial score (nSPS) is 10.4. The van der Waals surface area contributed by atoms with Gasteiger partial charge in [-0.2, -0.15) is 0 Å². The van der Waals surface area contributed by atoms with Crippen molar-refractivity contribution in [2.45, 2.75) is 13.8 Å². The van der Waals surface area contributed by atoms with E-state index in [2.05, 4.69) is 21.2 Å². The van der Waals surface area contributed by atoms with Gasteiger partial charge < -0.3 is 11.1 Å². The number of nitrogen functional groups attached to an aromatic ring is 1. The molecule has 20 heavy (non-hydrogen) atoms. The molecule has 2 rings (SSSR count). The lowest BCUT2D eigenvalue weighted by Gasteiger charge is -2.11. The summed E-state index contributed by atoms with van der Waals surface area (Å²) >= 11 is 9.29. The lowest BCUT2D eigenvalue weighted by molar-refractivity contribution is 0.102. The van der Waals surface area contributed by atoms with Crippen LogP contribution in [0.3, 0.4) is 0 Å². The predicted octanol–water partition coefficient (Wildman–Crippen LogP) is 4.55. The molecule has 0 atom stereocenters. The van der Waals surface area contributed by atoms with Gasteiger partial charge in [-0.1, -0.05) is 17.7 Å². The zero-order valence-corrected chi connectivity index (χ0v) is 13.5. The van der Waals surface area contributed by atoms with Crippen molar-refractivity contribution in [1.29, 1.82) is 0 Å². The van der Waals surface area contributed by atoms with E-state index in [9.17, 15) is 4.79 Å². The lowest BCUT2D eigenvalue weighted by atomic mass is 10.1. The van der Waals surface area contributed by atoms with Crippen LogP contribution in [0, 0.1) is 13.8 Å². The van der Waals surface area contributed by atoms with Crippen LogP contribution >= 0.6 is 27.5 Å². The standard InChI is InChI=1S/C15H14BrClN2O/c1-8-5-9(2)14(7-13(8)18)19-15(20)10-3-4-11(16)12(17)6-10/h3-7H,18H2,1-2H3,(H,19,20). The summed E-state index contributed by atoms with van der Waals surface area (Å²) in [5, 5.41) is 3.35. The minimum absolute atomic E-state index is 0.217. The van der Waals surface area contributed by atoms with E-state index in [-0.39, 0.29) is 5.91 Å². The van der Waals surface area contributed by atoms with E-state index < -0.39 is 0 Å². The van der Waals surface area contributed by atoms with E-state index in [4.69, 9.17) is 17.3 Å². The van der Waals surface area contributed by atoms with Gasteiger partial charge in [-0.15, -0.1) is 0 Å². The van der Waals surface area contributed by atoms with Crippen LogP contribution in [0.4, 0.5) is 11.4 Å². The number of carbonyl (C=O) groups is 1. The molecule has 0 fully saturated rings. The lowest BCUT2D eigenvalue weighted by Crippen LogP contribution is -2.13. The molecule has 104 valence electrons. The van der Waals surface area contributed by atoms with Gasteiger partial charge >= 0.3 is 0 Å². The number of anilines is 2. The summed E-state index contributed by atoms with van der Waals surface area (Å²) in [6.45, 7) is 3.86. The number of rotatable bonds is 2. The minimum atomic E-state index is -0.217. The van der Waals surface area contributed by atoms with Crippen molar-refractivity contribution in [2.24, 2.45) is 0 Å². The summed E-state index contributed by atoms with van der Waals surface area (Å²) < 4.78 is 0.756. The van der Waals surface area contributed by atoms with Gasteiger partial charge in [0.25, 0.3) is 5.91 Å². The first kappa shape index (κ1) is 14.9. The van der Waals surface area contributed by atoms with Crippen LogP contribution in [0.15, 0.2) is 34.8 Å². The van der Waals surface area contributed by atoms with E-state index in [1.54, 1.807) is 24.3 Å². The molecule has 0 unspecified atom stereocenters. The number of benzene rings is 2. The Morgan fingerprint density at radius 3 is 2.55 bits per heavy atom. The second-order valence-corrected chi connectivity index (χ2v) is 5.87. The molecular formula is C15H14BrClN2O. The zero-order chi connectivity index (χ0) is 14.9. The van der Waals surface area contributed by atoms with E-state index in [1.807, 2.05) is 19.9 Å². The quantitative estimate of drug-likeness (QED) is 0.778. The van der Waals surface area contributed by atoms with Crippen molar-refractivity contribution in [2.75, 3.05) is 11.1 Å². The van der Waals surface area contributed by atoms with E-state index in [0.29, 0.717) is 22.0 Å². The Kier molecular flexibility index (Phi) is 4.35. The monoisotopic (exact) mass is 352 g/mol. The number of amides is 1. The highest BCUT2D eigenvalue weighted by Crippen LogP contribution is 2.25. The number of hydrogen-bond acceptors (Lipinski definition) is 2. The molecule has 0 aliphatic heterocycles. The van der Waals surface area contributed by atoms with Gasteiger partial charge in [0.2, 0.25) is 0 Å². The molecule has 0 radical (unpaired) electrons. The van der Waals surface area contributed by atoms with Gasteiger partial charge in [0, 0.05) is 21.4 Å². The van der Waals surface area contributed by atoms with Crippen molar-refractivity contribution in [3.63, 3.8) is 0 Å². The Labute approximate surface area is 131 Å². The number of hydrogen-bond donors (Lipinski definition) is 2. The topological polar surface area (TPSA) is 55.1 Å². The molecule has 3 N–H and O–H groups in total. The van der Waals surface area contributed by atoms with Gasteiger partial charge in [-0.3, -0.25) is 4.79 Å². The summed E-state index contributed by atoms with van der Waals surface area (Å²) in [6.07, 6.45) is 0. The van der Waals surface area contributed by atoms with Gasteiger partial charge in [-0.25, -0.2) is 0 Å². The van der Waals surface area contributed by atoms with Gasteiger partial charge in [0.1, 0.15) is 0 Å². The Hall–Kier alpha value is -1.52. The molecule has 2 aromatic carbocycles. The van der Waals surface area contributed by atoms with E-state index >= 15 is 0 Å². The zero-order valence-electron chi connectivity index (χ0n) is 11.1. The molecule has 3 nitrogen and oxygen atoms in total.